The number of aromatic nitrogens is 1. The summed E-state index contributed by atoms with van der Waals surface area (Å²) in [4.78, 5) is 52.5. The van der Waals surface area contributed by atoms with Crippen LogP contribution < -0.4 is 15.4 Å². The monoisotopic (exact) mass is 649 g/mol. The molecule has 3 aromatic rings. The van der Waals surface area contributed by atoms with Crippen molar-refractivity contribution in [1.82, 2.24) is 25.4 Å². The second-order valence-corrected chi connectivity index (χ2v) is 12.2. The number of methoxy groups -OCH3 is 1. The van der Waals surface area contributed by atoms with Crippen LogP contribution in [0.3, 0.4) is 0 Å². The highest BCUT2D eigenvalue weighted by Gasteiger charge is 2.27. The number of aliphatic carboxylic acids is 2. The van der Waals surface area contributed by atoms with Gasteiger partial charge in [0.2, 0.25) is 11.8 Å². The van der Waals surface area contributed by atoms with E-state index in [2.05, 4.69) is 37.6 Å². The van der Waals surface area contributed by atoms with Gasteiger partial charge in [0.05, 0.1) is 19.7 Å². The summed E-state index contributed by atoms with van der Waals surface area (Å²) < 4.78 is 5.42. The third-order valence-electron chi connectivity index (χ3n) is 8.88. The van der Waals surface area contributed by atoms with Gasteiger partial charge in [-0.1, -0.05) is 42.8 Å². The predicted octanol–water partition coefficient (Wildman–Crippen LogP) is 3.06. The number of nitrogens with one attached hydrogen (secondary N) is 3. The normalized spacial score (nSPS) is 16.4. The number of H-pyrrole nitrogens is 1. The Balaban J connectivity index is 0.000000762. The van der Waals surface area contributed by atoms with Crippen LogP contribution in [-0.2, 0) is 32.0 Å². The van der Waals surface area contributed by atoms with E-state index in [4.69, 9.17) is 24.5 Å². The number of hydrogen-bond acceptors (Lipinski definition) is 7. The van der Waals surface area contributed by atoms with Crippen LogP contribution in [0.1, 0.15) is 49.7 Å². The number of ether oxygens (including phenoxy) is 1. The maximum atomic E-state index is 13.2. The van der Waals surface area contributed by atoms with E-state index in [0.29, 0.717) is 38.4 Å². The number of carboxylic acid groups (broad SMARTS) is 2. The van der Waals surface area contributed by atoms with Crippen LogP contribution >= 0.6 is 0 Å². The van der Waals surface area contributed by atoms with Gasteiger partial charge in [0.1, 0.15) is 5.75 Å². The van der Waals surface area contributed by atoms with E-state index in [9.17, 15) is 9.59 Å². The van der Waals surface area contributed by atoms with Crippen molar-refractivity contribution >= 4 is 34.7 Å². The van der Waals surface area contributed by atoms with Gasteiger partial charge in [-0.3, -0.25) is 14.5 Å². The van der Waals surface area contributed by atoms with Gasteiger partial charge in [-0.05, 0) is 74.9 Å². The minimum absolute atomic E-state index is 0.0227. The Bertz CT molecular complexity index is 1470. The summed E-state index contributed by atoms with van der Waals surface area (Å²) in [5.41, 5.74) is 3.22. The van der Waals surface area contributed by atoms with Crippen molar-refractivity contribution in [3.05, 3.63) is 65.9 Å². The van der Waals surface area contributed by atoms with Crippen LogP contribution in [0.5, 0.6) is 5.75 Å². The van der Waals surface area contributed by atoms with Crippen molar-refractivity contribution in [2.45, 2.75) is 63.5 Å². The zero-order valence-electron chi connectivity index (χ0n) is 27.1. The van der Waals surface area contributed by atoms with Crippen molar-refractivity contribution in [2.75, 3.05) is 46.4 Å². The third kappa shape index (κ3) is 11.1. The predicted molar refractivity (Wildman–Crippen MR) is 178 cm³/mol. The first-order valence-electron chi connectivity index (χ1n) is 16.4. The fourth-order valence-corrected chi connectivity index (χ4v) is 6.43. The molecule has 3 heterocycles. The molecule has 1 aromatic heterocycles. The Morgan fingerprint density at radius 2 is 1.57 bits per heavy atom. The molecule has 2 amide bonds. The molecule has 1 atom stereocenters. The maximum absolute atomic E-state index is 13.2. The number of amides is 2. The molecule has 12 nitrogen and oxygen atoms in total. The number of aryl methyl sites for hydroxylation is 1. The van der Waals surface area contributed by atoms with Crippen molar-refractivity contribution in [3.63, 3.8) is 0 Å². The summed E-state index contributed by atoms with van der Waals surface area (Å²) in [5, 5.41) is 22.3. The fraction of sp³-hybridized carbons (Fsp3) is 0.486. The molecule has 5 N–H and O–H groups in total. The molecular formula is C35H47N5O7. The largest absolute Gasteiger partial charge is 0.496 e. The van der Waals surface area contributed by atoms with Gasteiger partial charge in [0.15, 0.2) is 0 Å². The van der Waals surface area contributed by atoms with Crippen LogP contribution in [0.15, 0.2) is 54.7 Å². The summed E-state index contributed by atoms with van der Waals surface area (Å²) >= 11 is 0. The summed E-state index contributed by atoms with van der Waals surface area (Å²) in [6.07, 6.45) is 9.87. The number of nitrogens with zero attached hydrogens (tertiary/aromatic N) is 2. The number of piperidine rings is 2. The SMILES string of the molecule is COc1ccccc1CCC(=O)NC[C@@H](Cc1c[nH]c2ccccc12)NC(=O)CN1CCC(N2CCCCC2)CC1.O=C(O)C(=O)O. The maximum Gasteiger partial charge on any atom is 0.414 e. The topological polar surface area (TPSA) is 164 Å². The van der Waals surface area contributed by atoms with Crippen molar-refractivity contribution in [3.8, 4) is 5.75 Å². The van der Waals surface area contributed by atoms with Gasteiger partial charge >= 0.3 is 11.9 Å². The van der Waals surface area contributed by atoms with Crippen LogP contribution in [0.4, 0.5) is 0 Å². The van der Waals surface area contributed by atoms with Gasteiger partial charge < -0.3 is 35.5 Å². The fourth-order valence-electron chi connectivity index (χ4n) is 6.43. The standard InChI is InChI=1S/C33H45N5O3.C2H2O4/c1-41-31-12-6-3-9-25(31)13-14-32(39)35-23-27(21-26-22-34-30-11-5-4-10-29(26)30)36-33(40)24-37-19-15-28(16-20-37)38-17-7-2-8-18-38;3-1(4)2(5)6/h3-6,9-12,22,27-28,34H,2,7-8,13-21,23-24H2,1H3,(H,35,39)(H,36,40);(H,3,4)(H,5,6)/t27-;/m1./s1. The van der Waals surface area contributed by atoms with Crippen LogP contribution in [0, 0.1) is 0 Å². The number of carboxylic acids is 2. The lowest BCUT2D eigenvalue weighted by molar-refractivity contribution is -0.159. The number of carbonyl (C=O) groups is 4. The molecule has 0 aliphatic carbocycles. The molecule has 5 rings (SSSR count). The number of aromatic amines is 1. The van der Waals surface area contributed by atoms with Crippen molar-refractivity contribution in [2.24, 2.45) is 0 Å². The first-order valence-corrected chi connectivity index (χ1v) is 16.4. The van der Waals surface area contributed by atoms with Crippen molar-refractivity contribution < 1.29 is 34.1 Å². The molecule has 0 radical (unpaired) electrons. The van der Waals surface area contributed by atoms with Crippen LogP contribution in [-0.4, -0.2) is 107 Å². The lowest BCUT2D eigenvalue weighted by Crippen LogP contribution is -2.51. The van der Waals surface area contributed by atoms with E-state index in [-0.39, 0.29) is 17.9 Å². The molecule has 2 fully saturated rings. The Morgan fingerprint density at radius 1 is 0.894 bits per heavy atom. The quantitative estimate of drug-likeness (QED) is 0.186. The third-order valence-corrected chi connectivity index (χ3v) is 8.88. The van der Waals surface area contributed by atoms with Gasteiger partial charge in [-0.2, -0.15) is 0 Å². The molecule has 2 aromatic carbocycles. The molecule has 2 aliphatic heterocycles. The number of carbonyl (C=O) groups excluding carboxylic acids is 2. The molecule has 0 saturated carbocycles. The first kappa shape index (κ1) is 35.4. The van der Waals surface area contributed by atoms with E-state index < -0.39 is 11.9 Å². The highest BCUT2D eigenvalue weighted by molar-refractivity contribution is 6.27. The Morgan fingerprint density at radius 3 is 2.28 bits per heavy atom. The number of fused-ring (bicyclic) bond motifs is 1. The van der Waals surface area contributed by atoms with E-state index >= 15 is 0 Å². The van der Waals surface area contributed by atoms with Gasteiger partial charge in [-0.15, -0.1) is 0 Å². The van der Waals surface area contributed by atoms with Crippen molar-refractivity contribution in [1.29, 1.82) is 0 Å². The Hall–Kier alpha value is -4.42. The van der Waals surface area contributed by atoms with Gasteiger partial charge in [0, 0.05) is 49.2 Å². The number of benzene rings is 2. The van der Waals surface area contributed by atoms with E-state index in [1.165, 1.54) is 32.4 Å². The second-order valence-electron chi connectivity index (χ2n) is 12.2. The van der Waals surface area contributed by atoms with E-state index in [1.807, 2.05) is 42.6 Å². The Kier molecular flexibility index (Phi) is 13.6. The zero-order chi connectivity index (χ0) is 33.6. The Labute approximate surface area is 275 Å². The molecule has 0 unspecified atom stereocenters. The average Bonchev–Trinajstić information content (AvgIpc) is 3.49. The lowest BCUT2D eigenvalue weighted by Gasteiger charge is -2.40. The molecule has 0 bridgehead atoms. The molecule has 254 valence electrons. The highest BCUT2D eigenvalue weighted by atomic mass is 16.5. The summed E-state index contributed by atoms with van der Waals surface area (Å²) in [6, 6.07) is 16.4. The summed E-state index contributed by atoms with van der Waals surface area (Å²) in [6.45, 7) is 5.16. The molecule has 47 heavy (non-hydrogen) atoms. The minimum Gasteiger partial charge on any atom is -0.496 e. The van der Waals surface area contributed by atoms with Crippen LogP contribution in [0.25, 0.3) is 10.9 Å². The zero-order valence-corrected chi connectivity index (χ0v) is 27.1. The molecular weight excluding hydrogens is 602 g/mol. The van der Waals surface area contributed by atoms with E-state index in [0.717, 1.165) is 53.7 Å². The molecule has 2 saturated heterocycles. The minimum atomic E-state index is -1.82. The number of hydrogen-bond donors (Lipinski definition) is 5. The summed E-state index contributed by atoms with van der Waals surface area (Å²) in [7, 11) is 1.65. The first-order chi connectivity index (χ1) is 22.7. The molecule has 12 heteroatoms. The van der Waals surface area contributed by atoms with Gasteiger partial charge in [0.25, 0.3) is 0 Å². The summed E-state index contributed by atoms with van der Waals surface area (Å²) in [5.74, 6) is -2.86. The molecule has 0 spiro atoms. The van der Waals surface area contributed by atoms with Crippen LogP contribution in [0.2, 0.25) is 0 Å². The average molecular weight is 650 g/mol. The lowest BCUT2D eigenvalue weighted by atomic mass is 10.00. The number of rotatable bonds is 12. The number of para-hydroxylation sites is 2. The number of likely N-dealkylation sites (tertiary alicyclic amines) is 2. The van der Waals surface area contributed by atoms with E-state index in [1.54, 1.807) is 7.11 Å². The molecule has 2 aliphatic rings. The van der Waals surface area contributed by atoms with Gasteiger partial charge in [-0.25, -0.2) is 9.59 Å². The highest BCUT2D eigenvalue weighted by Crippen LogP contribution is 2.22. The smallest absolute Gasteiger partial charge is 0.414 e. The second kappa shape index (κ2) is 18.1.